The zero-order valence-corrected chi connectivity index (χ0v) is 16.1. The van der Waals surface area contributed by atoms with Gasteiger partial charge in [-0.05, 0) is 49.2 Å². The molecule has 2 aliphatic heterocycles. The van der Waals surface area contributed by atoms with Crippen molar-refractivity contribution in [3.05, 3.63) is 44.8 Å². The molecule has 2 unspecified atom stereocenters. The maximum absolute atomic E-state index is 13.1. The predicted molar refractivity (Wildman–Crippen MR) is 104 cm³/mol. The lowest BCUT2D eigenvalue weighted by molar-refractivity contribution is -0.135. The van der Waals surface area contributed by atoms with Crippen LogP contribution in [0.2, 0.25) is 0 Å². The topological polar surface area (TPSA) is 35.9 Å². The van der Waals surface area contributed by atoms with Gasteiger partial charge in [0.15, 0.2) is 0 Å². The van der Waals surface area contributed by atoms with Crippen LogP contribution < -0.4 is 0 Å². The molecule has 0 aliphatic carbocycles. The maximum Gasteiger partial charge on any atom is 0.257 e. The first-order valence-corrected chi connectivity index (χ1v) is 10.7. The Bertz CT molecular complexity index is 739. The molecular weight excluding hydrogens is 350 g/mol. The van der Waals surface area contributed by atoms with Crippen molar-refractivity contribution in [3.63, 3.8) is 0 Å². The van der Waals surface area contributed by atoms with Gasteiger partial charge in [-0.2, -0.15) is 5.10 Å². The molecule has 0 radical (unpaired) electrons. The summed E-state index contributed by atoms with van der Waals surface area (Å²) < 4.78 is 0. The molecule has 2 aromatic rings. The molecule has 4 rings (SSSR count). The number of hydrogen-bond donors (Lipinski definition) is 0. The molecule has 1 saturated heterocycles. The van der Waals surface area contributed by atoms with Crippen LogP contribution in [0, 0.1) is 0 Å². The Kier molecular flexibility index (Phi) is 5.01. The largest absolute Gasteiger partial charge is 0.292 e. The van der Waals surface area contributed by atoms with Crippen molar-refractivity contribution in [2.75, 3.05) is 13.1 Å². The normalized spacial score (nSPS) is 24.5. The molecule has 0 aromatic carbocycles. The van der Waals surface area contributed by atoms with Gasteiger partial charge >= 0.3 is 0 Å². The minimum atomic E-state index is 0.0460. The Morgan fingerprint density at radius 1 is 1.24 bits per heavy atom. The van der Waals surface area contributed by atoms with Crippen LogP contribution in [0.25, 0.3) is 0 Å². The number of amides is 1. The van der Waals surface area contributed by atoms with Gasteiger partial charge in [0.2, 0.25) is 0 Å². The van der Waals surface area contributed by atoms with E-state index in [1.807, 2.05) is 6.07 Å². The second-order valence-electron chi connectivity index (χ2n) is 6.81. The second kappa shape index (κ2) is 7.40. The first-order valence-electron chi connectivity index (χ1n) is 8.93. The number of carbonyl (C=O) groups excluding carboxylic acids is 1. The Balaban J connectivity index is 1.55. The summed E-state index contributed by atoms with van der Waals surface area (Å²) in [4.78, 5) is 17.8. The summed E-state index contributed by atoms with van der Waals surface area (Å²) in [6.07, 6.45) is 4.46. The van der Waals surface area contributed by atoms with E-state index >= 15 is 0 Å². The molecular formula is C19H23N3OS2. The van der Waals surface area contributed by atoms with Gasteiger partial charge in [0.1, 0.15) is 0 Å². The third-order valence-corrected chi connectivity index (χ3v) is 7.01. The fourth-order valence-corrected chi connectivity index (χ4v) is 5.21. The van der Waals surface area contributed by atoms with E-state index in [0.29, 0.717) is 12.6 Å². The molecule has 4 nitrogen and oxygen atoms in total. The van der Waals surface area contributed by atoms with Crippen molar-refractivity contribution in [2.24, 2.45) is 5.10 Å². The lowest BCUT2D eigenvalue weighted by atomic mass is 10.0. The van der Waals surface area contributed by atoms with Crippen LogP contribution in [0.15, 0.2) is 40.1 Å². The van der Waals surface area contributed by atoms with Gasteiger partial charge in [0.25, 0.3) is 5.91 Å². The van der Waals surface area contributed by atoms with Gasteiger partial charge in [0, 0.05) is 17.3 Å². The third kappa shape index (κ3) is 3.57. The summed E-state index contributed by atoms with van der Waals surface area (Å²) in [5.74, 6) is 0.124. The van der Waals surface area contributed by atoms with E-state index in [1.54, 1.807) is 27.7 Å². The van der Waals surface area contributed by atoms with Crippen molar-refractivity contribution in [3.8, 4) is 0 Å². The van der Waals surface area contributed by atoms with E-state index in [1.165, 1.54) is 29.0 Å². The van der Waals surface area contributed by atoms with Crippen LogP contribution in [0.3, 0.4) is 0 Å². The first-order chi connectivity index (χ1) is 12.2. The van der Waals surface area contributed by atoms with E-state index < -0.39 is 0 Å². The van der Waals surface area contributed by atoms with Crippen LogP contribution in [0.5, 0.6) is 0 Å². The Hall–Kier alpha value is -1.50. The minimum absolute atomic E-state index is 0.0460. The Labute approximate surface area is 156 Å². The second-order valence-corrected chi connectivity index (χ2v) is 8.74. The SMILES string of the molecule is CC1CCCCN1CC(=O)N1N=C(c2cccs2)CC1c1cccs1. The number of hydrogen-bond acceptors (Lipinski definition) is 5. The predicted octanol–water partition coefficient (Wildman–Crippen LogP) is 4.36. The van der Waals surface area contributed by atoms with Crippen molar-refractivity contribution in [2.45, 2.75) is 44.7 Å². The lowest BCUT2D eigenvalue weighted by Gasteiger charge is -2.34. The zero-order valence-electron chi connectivity index (χ0n) is 14.4. The third-order valence-electron chi connectivity index (χ3n) is 5.12. The van der Waals surface area contributed by atoms with E-state index in [4.69, 9.17) is 5.10 Å². The van der Waals surface area contributed by atoms with E-state index in [2.05, 4.69) is 40.8 Å². The van der Waals surface area contributed by atoms with Gasteiger partial charge in [-0.1, -0.05) is 18.6 Å². The van der Waals surface area contributed by atoms with Crippen LogP contribution in [0.4, 0.5) is 0 Å². The minimum Gasteiger partial charge on any atom is -0.292 e. The summed E-state index contributed by atoms with van der Waals surface area (Å²) in [7, 11) is 0. The monoisotopic (exact) mass is 373 g/mol. The summed E-state index contributed by atoms with van der Waals surface area (Å²) >= 11 is 3.40. The molecule has 1 amide bonds. The van der Waals surface area contributed by atoms with E-state index in [0.717, 1.165) is 18.7 Å². The molecule has 4 heterocycles. The standard InChI is InChI=1S/C19H23N3OS2/c1-14-6-2-3-9-21(14)13-19(23)22-16(18-8-5-11-25-18)12-15(20-22)17-7-4-10-24-17/h4-5,7-8,10-11,14,16H,2-3,6,9,12-13H2,1H3. The highest BCUT2D eigenvalue weighted by Crippen LogP contribution is 2.36. The number of nitrogens with zero attached hydrogens (tertiary/aromatic N) is 3. The number of thiophene rings is 2. The highest BCUT2D eigenvalue weighted by atomic mass is 32.1. The molecule has 2 atom stereocenters. The molecule has 6 heteroatoms. The maximum atomic E-state index is 13.1. The quantitative estimate of drug-likeness (QED) is 0.798. The molecule has 132 valence electrons. The number of hydrazone groups is 1. The summed E-state index contributed by atoms with van der Waals surface area (Å²) in [5, 5.41) is 10.6. The molecule has 0 N–H and O–H groups in total. The van der Waals surface area contributed by atoms with Crippen molar-refractivity contribution >= 4 is 34.3 Å². The zero-order chi connectivity index (χ0) is 17.2. The summed E-state index contributed by atoms with van der Waals surface area (Å²) in [5.41, 5.74) is 1.04. The fraction of sp³-hybridized carbons (Fsp3) is 0.474. The lowest BCUT2D eigenvalue weighted by Crippen LogP contribution is -2.44. The summed E-state index contributed by atoms with van der Waals surface area (Å²) in [6, 6.07) is 8.84. The van der Waals surface area contributed by atoms with Crippen LogP contribution in [0.1, 0.15) is 48.4 Å². The molecule has 0 bridgehead atoms. The first kappa shape index (κ1) is 16.9. The molecule has 0 spiro atoms. The van der Waals surface area contributed by atoms with E-state index in [-0.39, 0.29) is 11.9 Å². The van der Waals surface area contributed by atoms with Crippen LogP contribution in [-0.4, -0.2) is 40.7 Å². The highest BCUT2D eigenvalue weighted by Gasteiger charge is 2.35. The molecule has 2 aromatic heterocycles. The number of rotatable bonds is 4. The Morgan fingerprint density at radius 3 is 2.80 bits per heavy atom. The van der Waals surface area contributed by atoms with E-state index in [9.17, 15) is 4.79 Å². The fourth-order valence-electron chi connectivity index (χ4n) is 3.67. The molecule has 25 heavy (non-hydrogen) atoms. The van der Waals surface area contributed by atoms with Crippen molar-refractivity contribution in [1.29, 1.82) is 0 Å². The average Bonchev–Trinajstić information content (AvgIpc) is 3.36. The average molecular weight is 374 g/mol. The van der Waals surface area contributed by atoms with Gasteiger partial charge in [-0.25, -0.2) is 5.01 Å². The van der Waals surface area contributed by atoms with Gasteiger partial charge in [-0.15, -0.1) is 22.7 Å². The van der Waals surface area contributed by atoms with Crippen LogP contribution in [-0.2, 0) is 4.79 Å². The van der Waals surface area contributed by atoms with Gasteiger partial charge in [0.05, 0.1) is 23.2 Å². The van der Waals surface area contributed by atoms with Gasteiger partial charge < -0.3 is 0 Å². The highest BCUT2D eigenvalue weighted by molar-refractivity contribution is 7.12. The van der Waals surface area contributed by atoms with Crippen molar-refractivity contribution in [1.82, 2.24) is 9.91 Å². The number of carbonyl (C=O) groups is 1. The number of piperidine rings is 1. The Morgan fingerprint density at radius 2 is 2.08 bits per heavy atom. The van der Waals surface area contributed by atoms with Gasteiger partial charge in [-0.3, -0.25) is 9.69 Å². The molecule has 0 saturated carbocycles. The smallest absolute Gasteiger partial charge is 0.257 e. The van der Waals surface area contributed by atoms with Crippen molar-refractivity contribution < 1.29 is 4.79 Å². The molecule has 2 aliphatic rings. The van der Waals surface area contributed by atoms with Crippen LogP contribution >= 0.6 is 22.7 Å². The molecule has 1 fully saturated rings. The summed E-state index contributed by atoms with van der Waals surface area (Å²) in [6.45, 7) is 3.73. The number of likely N-dealkylation sites (tertiary alicyclic amines) is 1.